The molecule has 2 unspecified atom stereocenters. The number of hydrogen-bond acceptors (Lipinski definition) is 4. The summed E-state index contributed by atoms with van der Waals surface area (Å²) in [6.45, 7) is 1.27. The van der Waals surface area contributed by atoms with E-state index in [1.54, 1.807) is 12.2 Å². The van der Waals surface area contributed by atoms with E-state index in [1.165, 1.54) is 51.4 Å². The lowest BCUT2D eigenvalue weighted by molar-refractivity contribution is 0.236. The summed E-state index contributed by atoms with van der Waals surface area (Å²) in [6, 6.07) is 0. The van der Waals surface area contributed by atoms with Gasteiger partial charge in [0.05, 0.1) is 13.1 Å². The zero-order valence-corrected chi connectivity index (χ0v) is 12.4. The average Bonchev–Trinajstić information content (AvgIpc) is 2.47. The third kappa shape index (κ3) is 8.04. The summed E-state index contributed by atoms with van der Waals surface area (Å²) < 4.78 is 0. The number of hydrogen-bond donors (Lipinski definition) is 0. The lowest BCUT2D eigenvalue weighted by Crippen LogP contribution is -2.15. The lowest BCUT2D eigenvalue weighted by atomic mass is 9.77. The summed E-state index contributed by atoms with van der Waals surface area (Å²) in [5, 5.41) is 0. The van der Waals surface area contributed by atoms with Crippen molar-refractivity contribution in [2.45, 2.75) is 64.2 Å². The van der Waals surface area contributed by atoms with Gasteiger partial charge in [0.25, 0.3) is 0 Å². The molecule has 1 saturated carbocycles. The second kappa shape index (κ2) is 11.6. The van der Waals surface area contributed by atoms with Crippen molar-refractivity contribution in [3.05, 3.63) is 0 Å². The van der Waals surface area contributed by atoms with Crippen LogP contribution in [-0.4, -0.2) is 25.2 Å². The molecule has 4 heteroatoms. The fraction of sp³-hybridized carbons (Fsp3) is 0.875. The molecule has 20 heavy (non-hydrogen) atoms. The van der Waals surface area contributed by atoms with Crippen molar-refractivity contribution < 1.29 is 9.59 Å². The predicted molar refractivity (Wildman–Crippen MR) is 79.1 cm³/mol. The van der Waals surface area contributed by atoms with Gasteiger partial charge in [0, 0.05) is 0 Å². The summed E-state index contributed by atoms with van der Waals surface area (Å²) in [5.74, 6) is 1.73. The molecule has 2 atom stereocenters. The van der Waals surface area contributed by atoms with Crippen molar-refractivity contribution in [3.63, 3.8) is 0 Å². The summed E-state index contributed by atoms with van der Waals surface area (Å²) in [6.07, 6.45) is 15.6. The third-order valence-electron chi connectivity index (χ3n) is 4.29. The quantitative estimate of drug-likeness (QED) is 0.346. The lowest BCUT2D eigenvalue weighted by Gasteiger charge is -2.29. The summed E-state index contributed by atoms with van der Waals surface area (Å²) >= 11 is 0. The highest BCUT2D eigenvalue weighted by Crippen LogP contribution is 2.34. The molecule has 0 bridgehead atoms. The van der Waals surface area contributed by atoms with Crippen LogP contribution in [0, 0.1) is 11.8 Å². The van der Waals surface area contributed by atoms with Crippen molar-refractivity contribution in [3.8, 4) is 0 Å². The van der Waals surface area contributed by atoms with Gasteiger partial charge >= 0.3 is 0 Å². The molecule has 0 spiro atoms. The number of nitrogens with zero attached hydrogens (tertiary/aromatic N) is 2. The Labute approximate surface area is 121 Å². The highest BCUT2D eigenvalue weighted by Gasteiger charge is 2.21. The van der Waals surface area contributed by atoms with Crippen molar-refractivity contribution in [2.75, 3.05) is 13.1 Å². The molecule has 112 valence electrons. The molecule has 0 N–H and O–H groups in total. The maximum Gasteiger partial charge on any atom is 0.234 e. The van der Waals surface area contributed by atoms with E-state index in [4.69, 9.17) is 0 Å². The monoisotopic (exact) mass is 278 g/mol. The first-order valence-electron chi connectivity index (χ1n) is 7.94. The first-order chi connectivity index (χ1) is 9.86. The van der Waals surface area contributed by atoms with Crippen LogP contribution in [-0.2, 0) is 9.59 Å². The Hall–Kier alpha value is -1.24. The third-order valence-corrected chi connectivity index (χ3v) is 4.29. The molecule has 0 saturated heterocycles. The maximum absolute atomic E-state index is 9.96. The number of rotatable bonds is 10. The van der Waals surface area contributed by atoms with E-state index in [1.807, 2.05) is 0 Å². The molecular formula is C16H26N2O2. The largest absolute Gasteiger partial charge is 0.234 e. The van der Waals surface area contributed by atoms with E-state index in [9.17, 15) is 9.59 Å². The minimum Gasteiger partial charge on any atom is -0.211 e. The molecule has 0 radical (unpaired) electrons. The number of aliphatic imine (C=N–C) groups is 2. The van der Waals surface area contributed by atoms with Gasteiger partial charge in [-0.3, -0.25) is 0 Å². The first-order valence-corrected chi connectivity index (χ1v) is 7.94. The van der Waals surface area contributed by atoms with Crippen LogP contribution in [0.4, 0.5) is 0 Å². The zero-order chi connectivity index (χ0) is 14.5. The van der Waals surface area contributed by atoms with Gasteiger partial charge < -0.3 is 0 Å². The van der Waals surface area contributed by atoms with Gasteiger partial charge in [-0.05, 0) is 31.1 Å². The molecule has 0 amide bonds. The van der Waals surface area contributed by atoms with Gasteiger partial charge in [-0.25, -0.2) is 19.6 Å². The highest BCUT2D eigenvalue weighted by atomic mass is 16.1. The second-order valence-electron chi connectivity index (χ2n) is 5.84. The van der Waals surface area contributed by atoms with Crippen LogP contribution < -0.4 is 0 Å². The van der Waals surface area contributed by atoms with Crippen LogP contribution in [0.3, 0.4) is 0 Å². The van der Waals surface area contributed by atoms with Crippen LogP contribution in [0.5, 0.6) is 0 Å². The topological polar surface area (TPSA) is 58.9 Å². The van der Waals surface area contributed by atoms with Crippen molar-refractivity contribution in [1.29, 1.82) is 0 Å². The Morgan fingerprint density at radius 1 is 0.800 bits per heavy atom. The molecule has 1 fully saturated rings. The summed E-state index contributed by atoms with van der Waals surface area (Å²) in [4.78, 5) is 27.1. The van der Waals surface area contributed by atoms with Crippen molar-refractivity contribution in [1.82, 2.24) is 0 Å². The van der Waals surface area contributed by atoms with E-state index in [0.717, 1.165) is 24.7 Å². The van der Waals surface area contributed by atoms with E-state index in [0.29, 0.717) is 13.1 Å². The minimum atomic E-state index is 0.636. The molecule has 1 aliphatic carbocycles. The normalized spacial score (nSPS) is 21.8. The van der Waals surface area contributed by atoms with Gasteiger partial charge in [0.2, 0.25) is 12.2 Å². The maximum atomic E-state index is 9.96. The number of unbranched alkanes of at least 4 members (excludes halogenated alkanes) is 2. The molecule has 1 rings (SSSR count). The van der Waals surface area contributed by atoms with E-state index in [-0.39, 0.29) is 0 Å². The highest BCUT2D eigenvalue weighted by molar-refractivity contribution is 5.32. The Morgan fingerprint density at radius 3 is 1.75 bits per heavy atom. The summed E-state index contributed by atoms with van der Waals surface area (Å²) in [5.41, 5.74) is 0. The molecule has 0 aromatic rings. The van der Waals surface area contributed by atoms with Crippen molar-refractivity contribution in [2.24, 2.45) is 21.8 Å². The fourth-order valence-corrected chi connectivity index (χ4v) is 3.27. The van der Waals surface area contributed by atoms with Gasteiger partial charge in [-0.15, -0.1) is 0 Å². The van der Waals surface area contributed by atoms with Gasteiger partial charge in [-0.2, -0.15) is 0 Å². The van der Waals surface area contributed by atoms with Crippen molar-refractivity contribution >= 4 is 12.2 Å². The van der Waals surface area contributed by atoms with Crippen LogP contribution >= 0.6 is 0 Å². The standard InChI is InChI=1S/C16H26N2O2/c19-13-17-10-3-1-6-15-8-5-9-16(12-15)7-2-4-11-18-14-20/h15-16H,1-12H2. The minimum absolute atomic E-state index is 0.636. The van der Waals surface area contributed by atoms with Crippen LogP contribution in [0.25, 0.3) is 0 Å². The Bertz CT molecular complexity index is 312. The SMILES string of the molecule is O=C=NCCCCC1CCCC(CCCCN=C=O)C1. The molecule has 0 aromatic heterocycles. The zero-order valence-electron chi connectivity index (χ0n) is 12.4. The summed E-state index contributed by atoms with van der Waals surface area (Å²) in [7, 11) is 0. The average molecular weight is 278 g/mol. The number of isocyanates is 2. The van der Waals surface area contributed by atoms with Gasteiger partial charge in [0.15, 0.2) is 0 Å². The van der Waals surface area contributed by atoms with Gasteiger partial charge in [-0.1, -0.05) is 44.9 Å². The molecule has 0 aromatic carbocycles. The predicted octanol–water partition coefficient (Wildman–Crippen LogP) is 3.81. The first kappa shape index (κ1) is 16.8. The fourth-order valence-electron chi connectivity index (χ4n) is 3.27. The molecule has 0 heterocycles. The molecule has 4 nitrogen and oxygen atoms in total. The van der Waals surface area contributed by atoms with Crippen LogP contribution in [0.15, 0.2) is 9.98 Å². The van der Waals surface area contributed by atoms with E-state index in [2.05, 4.69) is 9.98 Å². The Morgan fingerprint density at radius 2 is 1.30 bits per heavy atom. The molecule has 0 aliphatic heterocycles. The number of carbonyl (C=O) groups excluding carboxylic acids is 2. The van der Waals surface area contributed by atoms with Gasteiger partial charge in [0.1, 0.15) is 0 Å². The van der Waals surface area contributed by atoms with E-state index < -0.39 is 0 Å². The Balaban J connectivity index is 2.08. The smallest absolute Gasteiger partial charge is 0.211 e. The molecular weight excluding hydrogens is 252 g/mol. The van der Waals surface area contributed by atoms with Crippen LogP contribution in [0.1, 0.15) is 64.2 Å². The second-order valence-corrected chi connectivity index (χ2v) is 5.84. The van der Waals surface area contributed by atoms with Crippen LogP contribution in [0.2, 0.25) is 0 Å². The molecule has 1 aliphatic rings. The Kier molecular flexibility index (Phi) is 9.73. The van der Waals surface area contributed by atoms with E-state index >= 15 is 0 Å².